The molecule has 2 aromatic heterocycles. The molecule has 0 bridgehead atoms. The zero-order valence-electron chi connectivity index (χ0n) is 15.5. The molecule has 0 saturated heterocycles. The Kier molecular flexibility index (Phi) is 4.98. The maximum Gasteiger partial charge on any atom is 0.254 e. The summed E-state index contributed by atoms with van der Waals surface area (Å²) in [6.07, 6.45) is 2.20. The number of hydrogen-bond acceptors (Lipinski definition) is 5. The number of aromatic nitrogens is 4. The van der Waals surface area contributed by atoms with Crippen LogP contribution >= 0.6 is 0 Å². The number of primary amides is 1. The molecule has 0 unspecified atom stereocenters. The van der Waals surface area contributed by atoms with Crippen molar-refractivity contribution in [2.45, 2.75) is 13.0 Å². The Morgan fingerprint density at radius 3 is 2.38 bits per heavy atom. The number of amides is 1. The van der Waals surface area contributed by atoms with Gasteiger partial charge < -0.3 is 16.2 Å². The van der Waals surface area contributed by atoms with Gasteiger partial charge in [0.25, 0.3) is 5.91 Å². The first-order valence-electron chi connectivity index (χ1n) is 9.07. The average molecular weight is 388 g/mol. The molecule has 0 atom stereocenters. The van der Waals surface area contributed by atoms with E-state index in [0.717, 1.165) is 22.4 Å². The van der Waals surface area contributed by atoms with E-state index in [0.29, 0.717) is 30.0 Å². The lowest BCUT2D eigenvalue weighted by molar-refractivity contribution is 0.100. The number of nitrogens with one attached hydrogen (secondary N) is 3. The molecule has 2 heterocycles. The van der Waals surface area contributed by atoms with E-state index < -0.39 is 5.91 Å². The van der Waals surface area contributed by atoms with Gasteiger partial charge in [-0.05, 0) is 34.9 Å². The molecular formula is C21H20N6O2. The van der Waals surface area contributed by atoms with Gasteiger partial charge >= 0.3 is 0 Å². The van der Waals surface area contributed by atoms with E-state index in [-0.39, 0.29) is 5.75 Å². The summed E-state index contributed by atoms with van der Waals surface area (Å²) < 4.78 is 0. The maximum atomic E-state index is 12.0. The number of rotatable bonds is 7. The standard InChI is InChI=1S/C21H20N6O2/c22-20(29)19-18(11-13-1-5-15(6-2-13)17-9-10-24-25-17)26-27-21(19)23-12-14-3-7-16(28)8-4-14/h1-10,28H,11-12H2,(H2,22,29)(H,24,25)(H2,23,26,27). The third-order valence-corrected chi connectivity index (χ3v) is 4.63. The second-order valence-electron chi connectivity index (χ2n) is 6.65. The van der Waals surface area contributed by atoms with Gasteiger partial charge in [-0.3, -0.25) is 15.0 Å². The molecule has 29 heavy (non-hydrogen) atoms. The van der Waals surface area contributed by atoms with Crippen LogP contribution in [0.3, 0.4) is 0 Å². The molecule has 0 fully saturated rings. The molecule has 4 rings (SSSR count). The Bertz CT molecular complexity index is 1100. The second kappa shape index (κ2) is 7.89. The number of H-pyrrole nitrogens is 2. The van der Waals surface area contributed by atoms with Crippen LogP contribution in [0.2, 0.25) is 0 Å². The van der Waals surface area contributed by atoms with Crippen molar-refractivity contribution >= 4 is 11.7 Å². The van der Waals surface area contributed by atoms with E-state index in [1.165, 1.54) is 0 Å². The van der Waals surface area contributed by atoms with Crippen molar-refractivity contribution in [3.05, 3.63) is 83.2 Å². The van der Waals surface area contributed by atoms with Crippen LogP contribution in [0.5, 0.6) is 5.75 Å². The average Bonchev–Trinajstić information content (AvgIpc) is 3.38. The van der Waals surface area contributed by atoms with Gasteiger partial charge in [0.15, 0.2) is 5.82 Å². The fraction of sp³-hybridized carbons (Fsp3) is 0.0952. The number of aromatic hydroxyl groups is 1. The summed E-state index contributed by atoms with van der Waals surface area (Å²) in [6.45, 7) is 0.448. The van der Waals surface area contributed by atoms with Crippen molar-refractivity contribution in [1.29, 1.82) is 0 Å². The maximum absolute atomic E-state index is 12.0. The number of nitrogens with zero attached hydrogens (tertiary/aromatic N) is 2. The number of carbonyl (C=O) groups excluding carboxylic acids is 1. The summed E-state index contributed by atoms with van der Waals surface area (Å²) in [6, 6.07) is 16.7. The molecule has 0 spiro atoms. The fourth-order valence-corrected chi connectivity index (χ4v) is 3.12. The minimum absolute atomic E-state index is 0.201. The zero-order valence-corrected chi connectivity index (χ0v) is 15.5. The molecule has 0 saturated carbocycles. The number of carbonyl (C=O) groups is 1. The SMILES string of the molecule is NC(=O)c1c(NCc2ccc(O)cc2)n[nH]c1Cc1ccc(-c2ccn[nH]2)cc1. The molecular weight excluding hydrogens is 368 g/mol. The van der Waals surface area contributed by atoms with Gasteiger partial charge in [0.05, 0.1) is 11.4 Å². The quantitative estimate of drug-likeness (QED) is 0.332. The smallest absolute Gasteiger partial charge is 0.254 e. The van der Waals surface area contributed by atoms with Crippen molar-refractivity contribution in [3.63, 3.8) is 0 Å². The van der Waals surface area contributed by atoms with Crippen LogP contribution in [-0.4, -0.2) is 31.4 Å². The van der Waals surface area contributed by atoms with E-state index in [1.807, 2.05) is 30.3 Å². The van der Waals surface area contributed by atoms with Gasteiger partial charge in [-0.2, -0.15) is 10.2 Å². The third kappa shape index (κ3) is 4.11. The van der Waals surface area contributed by atoms with Crippen molar-refractivity contribution < 1.29 is 9.90 Å². The Morgan fingerprint density at radius 2 is 1.72 bits per heavy atom. The topological polar surface area (TPSA) is 133 Å². The lowest BCUT2D eigenvalue weighted by Crippen LogP contribution is -2.15. The largest absolute Gasteiger partial charge is 0.508 e. The summed E-state index contributed by atoms with van der Waals surface area (Å²) in [5, 5.41) is 26.5. The van der Waals surface area contributed by atoms with Crippen LogP contribution in [0.1, 0.15) is 27.2 Å². The van der Waals surface area contributed by atoms with Gasteiger partial charge in [0, 0.05) is 19.2 Å². The van der Waals surface area contributed by atoms with Crippen LogP contribution in [0.25, 0.3) is 11.3 Å². The minimum atomic E-state index is -0.545. The van der Waals surface area contributed by atoms with Crippen LogP contribution in [0, 0.1) is 0 Å². The number of anilines is 1. The van der Waals surface area contributed by atoms with Crippen LogP contribution in [0.4, 0.5) is 5.82 Å². The molecule has 8 heteroatoms. The lowest BCUT2D eigenvalue weighted by atomic mass is 10.0. The molecule has 0 aliphatic rings. The van der Waals surface area contributed by atoms with E-state index in [4.69, 9.17) is 5.73 Å². The monoisotopic (exact) mass is 388 g/mol. The van der Waals surface area contributed by atoms with Crippen molar-refractivity contribution in [1.82, 2.24) is 20.4 Å². The van der Waals surface area contributed by atoms with E-state index in [2.05, 4.69) is 25.7 Å². The molecule has 2 aromatic carbocycles. The highest BCUT2D eigenvalue weighted by Crippen LogP contribution is 2.22. The van der Waals surface area contributed by atoms with Crippen molar-refractivity contribution in [2.75, 3.05) is 5.32 Å². The highest BCUT2D eigenvalue weighted by Gasteiger charge is 2.18. The Hall–Kier alpha value is -4.07. The van der Waals surface area contributed by atoms with Crippen LogP contribution in [0.15, 0.2) is 60.8 Å². The van der Waals surface area contributed by atoms with E-state index in [9.17, 15) is 9.90 Å². The van der Waals surface area contributed by atoms with Crippen molar-refractivity contribution in [3.8, 4) is 17.0 Å². The third-order valence-electron chi connectivity index (χ3n) is 4.63. The predicted octanol–water partition coefficient (Wildman–Crippen LogP) is 2.81. The molecule has 0 aliphatic heterocycles. The summed E-state index contributed by atoms with van der Waals surface area (Å²) in [5.41, 5.74) is 10.5. The van der Waals surface area contributed by atoms with Crippen LogP contribution < -0.4 is 11.1 Å². The summed E-state index contributed by atoms with van der Waals surface area (Å²) in [7, 11) is 0. The molecule has 0 radical (unpaired) electrons. The first kappa shape index (κ1) is 18.3. The Morgan fingerprint density at radius 1 is 1.00 bits per heavy atom. The highest BCUT2D eigenvalue weighted by atomic mass is 16.3. The van der Waals surface area contributed by atoms with Gasteiger partial charge in [-0.15, -0.1) is 0 Å². The Balaban J connectivity index is 1.50. The van der Waals surface area contributed by atoms with Gasteiger partial charge in [-0.25, -0.2) is 0 Å². The Labute approximate surface area is 166 Å². The normalized spacial score (nSPS) is 10.8. The van der Waals surface area contributed by atoms with Gasteiger partial charge in [0.2, 0.25) is 0 Å². The number of hydrogen-bond donors (Lipinski definition) is 5. The fourth-order valence-electron chi connectivity index (χ4n) is 3.12. The molecule has 6 N–H and O–H groups in total. The second-order valence-corrected chi connectivity index (χ2v) is 6.65. The highest BCUT2D eigenvalue weighted by molar-refractivity contribution is 5.99. The number of aromatic amines is 2. The minimum Gasteiger partial charge on any atom is -0.508 e. The van der Waals surface area contributed by atoms with Crippen molar-refractivity contribution in [2.24, 2.45) is 5.73 Å². The summed E-state index contributed by atoms with van der Waals surface area (Å²) >= 11 is 0. The number of benzene rings is 2. The number of nitrogens with two attached hydrogens (primary N) is 1. The lowest BCUT2D eigenvalue weighted by Gasteiger charge is -2.07. The number of phenolic OH excluding ortho intramolecular Hbond substituents is 1. The number of phenols is 1. The molecule has 8 nitrogen and oxygen atoms in total. The zero-order chi connectivity index (χ0) is 20.2. The molecule has 146 valence electrons. The van der Waals surface area contributed by atoms with Gasteiger partial charge in [0.1, 0.15) is 11.3 Å². The molecule has 4 aromatic rings. The van der Waals surface area contributed by atoms with Gasteiger partial charge in [-0.1, -0.05) is 36.4 Å². The predicted molar refractivity (Wildman–Crippen MR) is 109 cm³/mol. The first-order valence-corrected chi connectivity index (χ1v) is 9.07. The molecule has 1 amide bonds. The summed E-state index contributed by atoms with van der Waals surface area (Å²) in [4.78, 5) is 12.0. The van der Waals surface area contributed by atoms with Crippen LogP contribution in [-0.2, 0) is 13.0 Å². The van der Waals surface area contributed by atoms with E-state index in [1.54, 1.807) is 30.5 Å². The van der Waals surface area contributed by atoms with E-state index >= 15 is 0 Å². The molecule has 0 aliphatic carbocycles. The summed E-state index contributed by atoms with van der Waals surface area (Å²) in [5.74, 6) is 0.0675. The first-order chi connectivity index (χ1) is 14.1.